The monoisotopic (exact) mass is 464 g/mol. The van der Waals surface area contributed by atoms with Crippen LogP contribution in [0.15, 0.2) is 25.3 Å². The normalized spacial score (nSPS) is 32.8. The smallest absolute Gasteiger partial charge is 0.310 e. The lowest BCUT2D eigenvalue weighted by atomic mass is 9.66. The first-order valence-electron chi connectivity index (χ1n) is 11.5. The van der Waals surface area contributed by atoms with Crippen LogP contribution in [0.25, 0.3) is 0 Å². The molecule has 3 unspecified atom stereocenters. The third kappa shape index (κ3) is 3.89. The minimum Gasteiger partial charge on any atom is -0.465 e. The van der Waals surface area contributed by atoms with Gasteiger partial charge in [-0.15, -0.1) is 24.9 Å². The van der Waals surface area contributed by atoms with E-state index in [9.17, 15) is 19.5 Å². The van der Waals surface area contributed by atoms with E-state index in [1.807, 2.05) is 13.8 Å². The summed E-state index contributed by atoms with van der Waals surface area (Å²) in [6.07, 6.45) is 5.69. The molecule has 3 fully saturated rings. The topological polar surface area (TPSA) is 87.2 Å². The van der Waals surface area contributed by atoms with E-state index in [1.54, 1.807) is 28.8 Å². The maximum atomic E-state index is 13.9. The number of nitrogens with zero attached hydrogens (tertiary/aromatic N) is 2. The second-order valence-corrected chi connectivity index (χ2v) is 10.8. The number of likely N-dealkylation sites (tertiary alicyclic amines) is 1. The maximum absolute atomic E-state index is 13.9. The molecule has 0 saturated carbocycles. The van der Waals surface area contributed by atoms with Crippen LogP contribution in [0, 0.1) is 17.8 Å². The Morgan fingerprint density at radius 3 is 2.69 bits per heavy atom. The molecule has 0 aromatic carbocycles. The summed E-state index contributed by atoms with van der Waals surface area (Å²) in [6, 6.07) is -0.773. The molecule has 3 heterocycles. The third-order valence-corrected chi connectivity index (χ3v) is 9.20. The predicted molar refractivity (Wildman–Crippen MR) is 125 cm³/mol. The Hall–Kier alpha value is -1.80. The summed E-state index contributed by atoms with van der Waals surface area (Å²) < 4.78 is 4.87. The molecule has 8 heteroatoms. The first-order chi connectivity index (χ1) is 15.3. The Morgan fingerprint density at radius 1 is 1.38 bits per heavy atom. The molecular formula is C24H36N2O5S. The Kier molecular flexibility index (Phi) is 7.76. The molecule has 0 aromatic heterocycles. The van der Waals surface area contributed by atoms with Gasteiger partial charge in [-0.05, 0) is 39.0 Å². The Bertz CT molecular complexity index is 771. The number of aliphatic hydroxyl groups is 1. The number of carbonyl (C=O) groups is 3. The number of thioether (sulfide) groups is 1. The quantitative estimate of drug-likeness (QED) is 0.287. The zero-order valence-electron chi connectivity index (χ0n) is 19.4. The first kappa shape index (κ1) is 24.8. The highest BCUT2D eigenvalue weighted by atomic mass is 32.2. The number of hydrogen-bond acceptors (Lipinski definition) is 6. The Labute approximate surface area is 195 Å². The molecule has 3 saturated heterocycles. The summed E-state index contributed by atoms with van der Waals surface area (Å²) in [7, 11) is 0. The number of esters is 1. The number of fused-ring (bicyclic) bond motifs is 1. The second kappa shape index (κ2) is 10.00. The van der Waals surface area contributed by atoms with E-state index in [2.05, 4.69) is 20.1 Å². The number of allylic oxidation sites excluding steroid dienone is 1. The van der Waals surface area contributed by atoms with Crippen LogP contribution in [-0.4, -0.2) is 81.1 Å². The summed E-state index contributed by atoms with van der Waals surface area (Å²) in [6.45, 7) is 13.9. The Morgan fingerprint density at radius 2 is 2.09 bits per heavy atom. The molecule has 0 aromatic rings. The largest absolute Gasteiger partial charge is 0.465 e. The zero-order valence-corrected chi connectivity index (χ0v) is 20.2. The fraction of sp³-hybridized carbons (Fsp3) is 0.708. The van der Waals surface area contributed by atoms with Crippen molar-refractivity contribution in [2.45, 2.75) is 62.1 Å². The van der Waals surface area contributed by atoms with E-state index in [0.29, 0.717) is 19.6 Å². The molecule has 3 rings (SSSR count). The molecule has 0 aliphatic carbocycles. The van der Waals surface area contributed by atoms with E-state index >= 15 is 0 Å². The number of carbonyl (C=O) groups excluding carboxylic acids is 3. The number of hydrogen-bond donors (Lipinski definition) is 1. The van der Waals surface area contributed by atoms with Gasteiger partial charge in [0.1, 0.15) is 6.04 Å². The molecule has 7 nitrogen and oxygen atoms in total. The van der Waals surface area contributed by atoms with Crippen molar-refractivity contribution in [3.05, 3.63) is 25.3 Å². The number of rotatable bonds is 11. The van der Waals surface area contributed by atoms with Gasteiger partial charge < -0.3 is 19.6 Å². The van der Waals surface area contributed by atoms with Gasteiger partial charge >= 0.3 is 5.97 Å². The molecule has 2 amide bonds. The van der Waals surface area contributed by atoms with Crippen molar-refractivity contribution >= 4 is 29.5 Å². The molecule has 178 valence electrons. The maximum Gasteiger partial charge on any atom is 0.310 e. The van der Waals surface area contributed by atoms with Gasteiger partial charge in [0, 0.05) is 24.4 Å². The number of aliphatic hydroxyl groups excluding tert-OH is 1. The van der Waals surface area contributed by atoms with Crippen LogP contribution < -0.4 is 0 Å². The lowest BCUT2D eigenvalue weighted by molar-refractivity contribution is -0.154. The van der Waals surface area contributed by atoms with Crippen LogP contribution in [-0.2, 0) is 19.1 Å². The molecule has 0 radical (unpaired) electrons. The Balaban J connectivity index is 1.97. The van der Waals surface area contributed by atoms with E-state index in [4.69, 9.17) is 4.74 Å². The van der Waals surface area contributed by atoms with Crippen LogP contribution >= 0.6 is 11.8 Å². The predicted octanol–water partition coefficient (Wildman–Crippen LogP) is 2.25. The minimum absolute atomic E-state index is 0.0377. The van der Waals surface area contributed by atoms with E-state index in [0.717, 1.165) is 12.8 Å². The minimum atomic E-state index is -0.710. The van der Waals surface area contributed by atoms with Gasteiger partial charge in [-0.3, -0.25) is 14.4 Å². The number of unbranched alkanes of at least 4 members (excludes halogenated alkanes) is 1. The molecule has 1 spiro atoms. The van der Waals surface area contributed by atoms with Crippen LogP contribution in [0.4, 0.5) is 0 Å². The third-order valence-electron chi connectivity index (χ3n) is 7.12. The van der Waals surface area contributed by atoms with Crippen molar-refractivity contribution in [2.24, 2.45) is 17.8 Å². The average Bonchev–Trinajstić information content (AvgIpc) is 3.33. The highest BCUT2D eigenvalue weighted by molar-refractivity contribution is 8.02. The molecule has 3 aliphatic heterocycles. The lowest BCUT2D eigenvalue weighted by Crippen LogP contribution is -2.58. The number of β-amino-alcohol motifs (C(OH)–C–C–N with tert-alkyl or cyclic N) is 1. The molecule has 32 heavy (non-hydrogen) atoms. The van der Waals surface area contributed by atoms with E-state index < -0.39 is 22.6 Å². The van der Waals surface area contributed by atoms with Crippen molar-refractivity contribution in [3.8, 4) is 0 Å². The fourth-order valence-corrected chi connectivity index (χ4v) is 8.17. The van der Waals surface area contributed by atoms with Crippen LogP contribution in [0.2, 0.25) is 0 Å². The highest BCUT2D eigenvalue weighted by Gasteiger charge is 2.76. The lowest BCUT2D eigenvalue weighted by Gasteiger charge is -2.41. The first-order valence-corrected chi connectivity index (χ1v) is 12.4. The number of amides is 2. The van der Waals surface area contributed by atoms with Crippen molar-refractivity contribution in [1.29, 1.82) is 0 Å². The fourth-order valence-electron chi connectivity index (χ4n) is 5.76. The standard InChI is InChI=1S/C24H36N2O5S/c1-6-8-9-13-31-23(30)18-17-14-16(5)24(32-17)19(18)21(28)26(11-12-27)20(24)22(29)25(10-7-2)15(3)4/h6-7,15-20,27H,1-2,8-14H2,3-5H3/t16?,17-,18+,19-,20?,24?/m0/s1. The molecule has 1 N–H and O–H groups in total. The van der Waals surface area contributed by atoms with Crippen molar-refractivity contribution in [1.82, 2.24) is 9.80 Å². The van der Waals surface area contributed by atoms with Crippen molar-refractivity contribution in [2.75, 3.05) is 26.3 Å². The summed E-state index contributed by atoms with van der Waals surface area (Å²) in [5.41, 5.74) is 0. The zero-order chi connectivity index (χ0) is 23.6. The van der Waals surface area contributed by atoms with Crippen molar-refractivity contribution < 1.29 is 24.2 Å². The van der Waals surface area contributed by atoms with E-state index in [-0.39, 0.29) is 48.1 Å². The molecule has 6 atom stereocenters. The molecular weight excluding hydrogens is 428 g/mol. The van der Waals surface area contributed by atoms with Gasteiger partial charge in [-0.2, -0.15) is 0 Å². The van der Waals surface area contributed by atoms with Crippen LogP contribution in [0.1, 0.15) is 40.0 Å². The van der Waals surface area contributed by atoms with Crippen LogP contribution in [0.3, 0.4) is 0 Å². The highest BCUT2D eigenvalue weighted by Crippen LogP contribution is 2.68. The van der Waals surface area contributed by atoms with Gasteiger partial charge in [0.2, 0.25) is 11.8 Å². The summed E-state index contributed by atoms with van der Waals surface area (Å²) in [5, 5.41) is 9.65. The average molecular weight is 465 g/mol. The van der Waals surface area contributed by atoms with Crippen LogP contribution in [0.5, 0.6) is 0 Å². The summed E-state index contributed by atoms with van der Waals surface area (Å²) >= 11 is 1.62. The van der Waals surface area contributed by atoms with E-state index in [1.165, 1.54) is 4.90 Å². The second-order valence-electron chi connectivity index (χ2n) is 9.28. The van der Waals surface area contributed by atoms with Gasteiger partial charge in [0.15, 0.2) is 0 Å². The summed E-state index contributed by atoms with van der Waals surface area (Å²) in [5.74, 6) is -1.77. The van der Waals surface area contributed by atoms with Gasteiger partial charge in [-0.25, -0.2) is 0 Å². The van der Waals surface area contributed by atoms with Gasteiger partial charge in [0.25, 0.3) is 0 Å². The number of ether oxygens (including phenoxy) is 1. The van der Waals surface area contributed by atoms with Gasteiger partial charge in [0.05, 0.1) is 29.8 Å². The SMILES string of the molecule is C=CCCCOC(=O)[C@@H]1[C@@H]2CC(C)C3(S2)C(C(=O)N(CC=C)C(C)C)N(CCO)C(=O)[C@H]13. The summed E-state index contributed by atoms with van der Waals surface area (Å²) in [4.78, 5) is 43.9. The molecule has 3 aliphatic rings. The molecule has 2 bridgehead atoms. The van der Waals surface area contributed by atoms with Crippen molar-refractivity contribution in [3.63, 3.8) is 0 Å². The van der Waals surface area contributed by atoms with Gasteiger partial charge in [-0.1, -0.05) is 19.1 Å².